The van der Waals surface area contributed by atoms with Crippen molar-refractivity contribution in [3.05, 3.63) is 12.2 Å². The van der Waals surface area contributed by atoms with Gasteiger partial charge in [-0.25, -0.2) is 0 Å². The molecule has 0 bridgehead atoms. The third-order valence-corrected chi connectivity index (χ3v) is 2.55. The summed E-state index contributed by atoms with van der Waals surface area (Å²) in [5.41, 5.74) is 0.125. The molecule has 58 valence electrons. The molecular formula is C9H16O. The van der Waals surface area contributed by atoms with Crippen LogP contribution in [0.5, 0.6) is 0 Å². The number of rotatable bonds is 2. The maximum Gasteiger partial charge on any atom is 0.0769 e. The van der Waals surface area contributed by atoms with Gasteiger partial charge in [-0.05, 0) is 18.8 Å². The second kappa shape index (κ2) is 2.75. The van der Waals surface area contributed by atoms with Gasteiger partial charge >= 0.3 is 0 Å². The summed E-state index contributed by atoms with van der Waals surface area (Å²) in [5.74, 6) is 0.618. The Hall–Kier alpha value is -0.300. The number of hydrogen-bond donors (Lipinski definition) is 0. The van der Waals surface area contributed by atoms with Crippen LogP contribution in [0.15, 0.2) is 12.2 Å². The first-order valence-corrected chi connectivity index (χ1v) is 3.91. The molecule has 0 saturated carbocycles. The zero-order valence-electron chi connectivity index (χ0n) is 7.05. The van der Waals surface area contributed by atoms with Crippen LogP contribution in [0.4, 0.5) is 0 Å². The summed E-state index contributed by atoms with van der Waals surface area (Å²) in [4.78, 5) is 0. The van der Waals surface area contributed by atoms with Gasteiger partial charge in [-0.3, -0.25) is 0 Å². The molecule has 0 atom stereocenters. The smallest absolute Gasteiger partial charge is 0.0769 e. The van der Waals surface area contributed by atoms with Crippen molar-refractivity contribution >= 4 is 0 Å². The third kappa shape index (κ3) is 1.10. The van der Waals surface area contributed by atoms with Gasteiger partial charge in [0.05, 0.1) is 5.60 Å². The van der Waals surface area contributed by atoms with Gasteiger partial charge in [-0.15, -0.1) is 0 Å². The standard InChI is InChI=1S/C9H16O/c1-8(2)9(10-3)6-4-5-7-9/h4-5,8H,6-7H2,1-3H3. The summed E-state index contributed by atoms with van der Waals surface area (Å²) in [7, 11) is 1.81. The van der Waals surface area contributed by atoms with E-state index in [-0.39, 0.29) is 5.60 Å². The van der Waals surface area contributed by atoms with Crippen molar-refractivity contribution in [2.24, 2.45) is 5.92 Å². The SMILES string of the molecule is COC1(C(C)C)CC=CC1. The summed E-state index contributed by atoms with van der Waals surface area (Å²) in [6, 6.07) is 0. The lowest BCUT2D eigenvalue weighted by Crippen LogP contribution is -2.34. The minimum Gasteiger partial charge on any atom is -0.377 e. The lowest BCUT2D eigenvalue weighted by atomic mass is 9.88. The average molecular weight is 140 g/mol. The Morgan fingerprint density at radius 2 is 1.80 bits per heavy atom. The molecule has 0 fully saturated rings. The Kier molecular flexibility index (Phi) is 2.14. The molecule has 1 aliphatic rings. The summed E-state index contributed by atoms with van der Waals surface area (Å²) in [6.45, 7) is 4.44. The lowest BCUT2D eigenvalue weighted by molar-refractivity contribution is -0.0369. The molecule has 0 heterocycles. The molecule has 0 unspecified atom stereocenters. The zero-order valence-corrected chi connectivity index (χ0v) is 7.05. The Balaban J connectivity index is 2.61. The Bertz CT molecular complexity index is 128. The first kappa shape index (κ1) is 7.80. The first-order chi connectivity index (χ1) is 4.71. The Morgan fingerprint density at radius 1 is 1.30 bits per heavy atom. The van der Waals surface area contributed by atoms with E-state index in [2.05, 4.69) is 26.0 Å². The fourth-order valence-electron chi connectivity index (χ4n) is 1.52. The second-order valence-corrected chi connectivity index (χ2v) is 3.30. The van der Waals surface area contributed by atoms with Crippen molar-refractivity contribution in [2.75, 3.05) is 7.11 Å². The van der Waals surface area contributed by atoms with Crippen LogP contribution in [-0.4, -0.2) is 12.7 Å². The van der Waals surface area contributed by atoms with E-state index in [1.54, 1.807) is 0 Å². The van der Waals surface area contributed by atoms with E-state index in [0.29, 0.717) is 5.92 Å². The maximum absolute atomic E-state index is 5.50. The summed E-state index contributed by atoms with van der Waals surface area (Å²) < 4.78 is 5.50. The van der Waals surface area contributed by atoms with Gasteiger partial charge < -0.3 is 4.74 Å². The molecule has 0 amide bonds. The van der Waals surface area contributed by atoms with E-state index in [4.69, 9.17) is 4.74 Å². The van der Waals surface area contributed by atoms with Crippen molar-refractivity contribution in [2.45, 2.75) is 32.3 Å². The van der Waals surface area contributed by atoms with Crippen LogP contribution in [0.3, 0.4) is 0 Å². The van der Waals surface area contributed by atoms with Crippen molar-refractivity contribution in [3.8, 4) is 0 Å². The molecule has 0 saturated heterocycles. The van der Waals surface area contributed by atoms with Crippen molar-refractivity contribution < 1.29 is 4.74 Å². The zero-order chi connectivity index (χ0) is 7.61. The molecule has 0 aromatic carbocycles. The van der Waals surface area contributed by atoms with Gasteiger partial charge in [0, 0.05) is 7.11 Å². The minimum atomic E-state index is 0.125. The Morgan fingerprint density at radius 3 is 2.00 bits per heavy atom. The summed E-state index contributed by atoms with van der Waals surface area (Å²) in [6.07, 6.45) is 6.59. The number of hydrogen-bond acceptors (Lipinski definition) is 1. The van der Waals surface area contributed by atoms with E-state index >= 15 is 0 Å². The van der Waals surface area contributed by atoms with E-state index in [0.717, 1.165) is 12.8 Å². The summed E-state index contributed by atoms with van der Waals surface area (Å²) >= 11 is 0. The van der Waals surface area contributed by atoms with E-state index in [1.807, 2.05) is 7.11 Å². The molecule has 1 aliphatic carbocycles. The molecular weight excluding hydrogens is 124 g/mol. The fourth-order valence-corrected chi connectivity index (χ4v) is 1.52. The highest BCUT2D eigenvalue weighted by molar-refractivity contribution is 5.05. The van der Waals surface area contributed by atoms with Crippen molar-refractivity contribution in [1.82, 2.24) is 0 Å². The van der Waals surface area contributed by atoms with Gasteiger partial charge in [-0.1, -0.05) is 26.0 Å². The molecule has 0 spiro atoms. The highest BCUT2D eigenvalue weighted by Gasteiger charge is 2.33. The van der Waals surface area contributed by atoms with Gasteiger partial charge in [0.1, 0.15) is 0 Å². The van der Waals surface area contributed by atoms with Crippen LogP contribution in [0.2, 0.25) is 0 Å². The highest BCUT2D eigenvalue weighted by atomic mass is 16.5. The molecule has 0 aromatic heterocycles. The molecule has 10 heavy (non-hydrogen) atoms. The largest absolute Gasteiger partial charge is 0.377 e. The van der Waals surface area contributed by atoms with Crippen LogP contribution in [0.25, 0.3) is 0 Å². The lowest BCUT2D eigenvalue weighted by Gasteiger charge is -2.31. The molecule has 1 rings (SSSR count). The Labute approximate surface area is 63.1 Å². The van der Waals surface area contributed by atoms with Gasteiger partial charge in [0.25, 0.3) is 0 Å². The van der Waals surface area contributed by atoms with Crippen LogP contribution >= 0.6 is 0 Å². The van der Waals surface area contributed by atoms with Gasteiger partial charge in [-0.2, -0.15) is 0 Å². The monoisotopic (exact) mass is 140 g/mol. The minimum absolute atomic E-state index is 0.125. The van der Waals surface area contributed by atoms with Crippen molar-refractivity contribution in [1.29, 1.82) is 0 Å². The summed E-state index contributed by atoms with van der Waals surface area (Å²) in [5, 5.41) is 0. The molecule has 1 nitrogen and oxygen atoms in total. The normalized spacial score (nSPS) is 22.4. The maximum atomic E-state index is 5.50. The highest BCUT2D eigenvalue weighted by Crippen LogP contribution is 2.34. The topological polar surface area (TPSA) is 9.23 Å². The van der Waals surface area contributed by atoms with Crippen molar-refractivity contribution in [3.63, 3.8) is 0 Å². The van der Waals surface area contributed by atoms with E-state index < -0.39 is 0 Å². The number of methoxy groups -OCH3 is 1. The predicted octanol–water partition coefficient (Wildman–Crippen LogP) is 2.38. The average Bonchev–Trinajstić information content (AvgIpc) is 2.35. The molecule has 1 heteroatoms. The van der Waals surface area contributed by atoms with Crippen LogP contribution in [0, 0.1) is 5.92 Å². The number of ether oxygens (including phenoxy) is 1. The van der Waals surface area contributed by atoms with E-state index in [9.17, 15) is 0 Å². The second-order valence-electron chi connectivity index (χ2n) is 3.30. The van der Waals surface area contributed by atoms with Crippen LogP contribution in [-0.2, 0) is 4.74 Å². The molecule has 0 radical (unpaired) electrons. The van der Waals surface area contributed by atoms with Gasteiger partial charge in [0.15, 0.2) is 0 Å². The molecule has 0 aliphatic heterocycles. The third-order valence-electron chi connectivity index (χ3n) is 2.55. The van der Waals surface area contributed by atoms with Crippen LogP contribution in [0.1, 0.15) is 26.7 Å². The van der Waals surface area contributed by atoms with E-state index in [1.165, 1.54) is 0 Å². The predicted molar refractivity (Wildman–Crippen MR) is 43.0 cm³/mol. The van der Waals surface area contributed by atoms with Gasteiger partial charge in [0.2, 0.25) is 0 Å². The quantitative estimate of drug-likeness (QED) is 0.535. The molecule has 0 aromatic rings. The molecule has 0 N–H and O–H groups in total. The fraction of sp³-hybridized carbons (Fsp3) is 0.778. The first-order valence-electron chi connectivity index (χ1n) is 3.91. The van der Waals surface area contributed by atoms with Crippen LogP contribution < -0.4 is 0 Å².